The summed E-state index contributed by atoms with van der Waals surface area (Å²) in [6, 6.07) is 7.20. The molecule has 0 aliphatic carbocycles. The topological polar surface area (TPSA) is 122 Å². The molecule has 2 N–H and O–H groups in total. The van der Waals surface area contributed by atoms with E-state index < -0.39 is 21.7 Å². The van der Waals surface area contributed by atoms with Gasteiger partial charge in [-0.1, -0.05) is 13.3 Å². The van der Waals surface area contributed by atoms with Crippen LogP contribution >= 0.6 is 0 Å². The SMILES string of the molecule is CCc1cc2c(C(=O)NC)c(-c3ccc(F)cc3)oc2nc1NS(=O)(=O)CCCCCC(=O)N(C)C. The summed E-state index contributed by atoms with van der Waals surface area (Å²) < 4.78 is 47.3. The maximum absolute atomic E-state index is 13.4. The summed E-state index contributed by atoms with van der Waals surface area (Å²) in [6.45, 7) is 1.85. The Balaban J connectivity index is 1.87. The van der Waals surface area contributed by atoms with Crippen LogP contribution in [0.15, 0.2) is 34.7 Å². The van der Waals surface area contributed by atoms with Gasteiger partial charge in [0.2, 0.25) is 21.6 Å². The van der Waals surface area contributed by atoms with Crippen LogP contribution in [-0.2, 0) is 21.2 Å². The predicted molar refractivity (Wildman–Crippen MR) is 137 cm³/mol. The number of nitrogens with one attached hydrogen (secondary N) is 2. The predicted octanol–water partition coefficient (Wildman–Crippen LogP) is 3.95. The number of unbranched alkanes of at least 4 members (excludes halogenated alkanes) is 2. The largest absolute Gasteiger partial charge is 0.437 e. The summed E-state index contributed by atoms with van der Waals surface area (Å²) in [7, 11) is 1.16. The standard InChI is InChI=1S/C25H31FN4O5S/c1-5-16-15-19-21(24(32)27-2)22(17-10-12-18(26)13-11-17)35-25(19)28-23(16)29-36(33,34)14-8-6-7-9-20(31)30(3)4/h10-13,15H,5-9,14H2,1-4H3,(H,27,32)(H,28,29). The van der Waals surface area contributed by atoms with Crippen LogP contribution in [0.3, 0.4) is 0 Å². The number of nitrogens with zero attached hydrogens (tertiary/aromatic N) is 2. The minimum absolute atomic E-state index is 0.00986. The number of aromatic nitrogens is 1. The van der Waals surface area contributed by atoms with Crippen LogP contribution in [0.5, 0.6) is 0 Å². The highest BCUT2D eigenvalue weighted by molar-refractivity contribution is 7.92. The van der Waals surface area contributed by atoms with Gasteiger partial charge in [-0.2, -0.15) is 4.98 Å². The van der Waals surface area contributed by atoms with Gasteiger partial charge in [-0.05, 0) is 55.2 Å². The molecule has 194 valence electrons. The van der Waals surface area contributed by atoms with E-state index in [1.807, 2.05) is 6.92 Å². The van der Waals surface area contributed by atoms with E-state index in [4.69, 9.17) is 4.42 Å². The van der Waals surface area contributed by atoms with Crippen molar-refractivity contribution >= 4 is 38.8 Å². The molecule has 0 saturated carbocycles. The molecular weight excluding hydrogens is 487 g/mol. The third-order valence-electron chi connectivity index (χ3n) is 5.76. The fraction of sp³-hybridized carbons (Fsp3) is 0.400. The number of sulfonamides is 1. The Morgan fingerprint density at radius 3 is 2.42 bits per heavy atom. The van der Waals surface area contributed by atoms with Crippen molar-refractivity contribution in [3.63, 3.8) is 0 Å². The number of benzene rings is 1. The number of furan rings is 1. The minimum atomic E-state index is -3.70. The number of hydrogen-bond acceptors (Lipinski definition) is 6. The first-order valence-corrected chi connectivity index (χ1v) is 13.4. The molecule has 2 aromatic heterocycles. The first kappa shape index (κ1) is 27.1. The Hall–Kier alpha value is -3.47. The molecule has 9 nitrogen and oxygen atoms in total. The van der Waals surface area contributed by atoms with Crippen LogP contribution in [0.1, 0.15) is 48.5 Å². The van der Waals surface area contributed by atoms with Gasteiger partial charge in [0.05, 0.1) is 16.7 Å². The number of aryl methyl sites for hydroxylation is 1. The first-order chi connectivity index (χ1) is 17.1. The lowest BCUT2D eigenvalue weighted by molar-refractivity contribution is -0.128. The van der Waals surface area contributed by atoms with E-state index in [2.05, 4.69) is 15.0 Å². The lowest BCUT2D eigenvalue weighted by atomic mass is 10.0. The van der Waals surface area contributed by atoms with Crippen molar-refractivity contribution in [1.29, 1.82) is 0 Å². The molecule has 3 aromatic rings. The molecule has 11 heteroatoms. The van der Waals surface area contributed by atoms with E-state index >= 15 is 0 Å². The van der Waals surface area contributed by atoms with Crippen molar-refractivity contribution in [2.24, 2.45) is 0 Å². The number of carbonyl (C=O) groups excluding carboxylic acids is 2. The number of anilines is 1. The summed E-state index contributed by atoms with van der Waals surface area (Å²) in [5.74, 6) is -0.590. The van der Waals surface area contributed by atoms with Crippen LogP contribution in [0.2, 0.25) is 0 Å². The van der Waals surface area contributed by atoms with Crippen LogP contribution < -0.4 is 10.0 Å². The van der Waals surface area contributed by atoms with Gasteiger partial charge in [0.25, 0.3) is 5.91 Å². The third-order valence-corrected chi connectivity index (χ3v) is 7.09. The summed E-state index contributed by atoms with van der Waals surface area (Å²) in [4.78, 5) is 30.3. The minimum Gasteiger partial charge on any atom is -0.437 e. The van der Waals surface area contributed by atoms with Gasteiger partial charge in [0.15, 0.2) is 0 Å². The van der Waals surface area contributed by atoms with Gasteiger partial charge in [-0.25, -0.2) is 12.8 Å². The van der Waals surface area contributed by atoms with Crippen molar-refractivity contribution in [2.45, 2.75) is 39.0 Å². The first-order valence-electron chi connectivity index (χ1n) is 11.7. The van der Waals surface area contributed by atoms with E-state index in [1.54, 1.807) is 20.2 Å². The monoisotopic (exact) mass is 518 g/mol. The normalized spacial score (nSPS) is 11.5. The Morgan fingerprint density at radius 1 is 1.11 bits per heavy atom. The molecule has 3 rings (SSSR count). The van der Waals surface area contributed by atoms with E-state index in [0.717, 1.165) is 0 Å². The van der Waals surface area contributed by atoms with E-state index in [0.29, 0.717) is 48.6 Å². The van der Waals surface area contributed by atoms with Crippen molar-refractivity contribution < 1.29 is 26.8 Å². The zero-order valence-corrected chi connectivity index (χ0v) is 21.7. The average Bonchev–Trinajstić information content (AvgIpc) is 3.20. The Labute approximate surface area is 210 Å². The van der Waals surface area contributed by atoms with Crippen molar-refractivity contribution in [3.8, 4) is 11.3 Å². The van der Waals surface area contributed by atoms with Crippen LogP contribution in [0.4, 0.5) is 10.2 Å². The molecule has 2 heterocycles. The summed E-state index contributed by atoms with van der Waals surface area (Å²) in [5, 5.41) is 3.01. The molecule has 0 fully saturated rings. The second-order valence-electron chi connectivity index (χ2n) is 8.61. The molecule has 0 atom stereocenters. The molecular formula is C25H31FN4O5S. The second kappa shape index (κ2) is 11.5. The number of amides is 2. The van der Waals surface area contributed by atoms with E-state index in [-0.39, 0.29) is 34.5 Å². The average molecular weight is 519 g/mol. The lowest BCUT2D eigenvalue weighted by Crippen LogP contribution is -2.21. The molecule has 0 aliphatic rings. The van der Waals surface area contributed by atoms with Crippen molar-refractivity contribution in [1.82, 2.24) is 15.2 Å². The number of pyridine rings is 1. The molecule has 36 heavy (non-hydrogen) atoms. The third kappa shape index (κ3) is 6.39. The second-order valence-corrected chi connectivity index (χ2v) is 10.5. The highest BCUT2D eigenvalue weighted by Gasteiger charge is 2.25. The number of carbonyl (C=O) groups is 2. The number of fused-ring (bicyclic) bond motifs is 1. The zero-order valence-electron chi connectivity index (χ0n) is 20.9. The summed E-state index contributed by atoms with van der Waals surface area (Å²) in [6.07, 6.45) is 2.44. The fourth-order valence-corrected chi connectivity index (χ4v) is 4.90. The Morgan fingerprint density at radius 2 is 1.81 bits per heavy atom. The van der Waals surface area contributed by atoms with Crippen LogP contribution in [-0.4, -0.2) is 57.0 Å². The number of halogens is 1. The zero-order chi connectivity index (χ0) is 26.5. The Kier molecular flexibility index (Phi) is 8.67. The number of hydrogen-bond donors (Lipinski definition) is 2. The van der Waals surface area contributed by atoms with Gasteiger partial charge in [-0.15, -0.1) is 0 Å². The molecule has 0 aliphatic heterocycles. The van der Waals surface area contributed by atoms with Gasteiger partial charge >= 0.3 is 0 Å². The van der Waals surface area contributed by atoms with Gasteiger partial charge < -0.3 is 14.6 Å². The lowest BCUT2D eigenvalue weighted by Gasteiger charge is -2.11. The molecule has 0 spiro atoms. The number of rotatable bonds is 11. The van der Waals surface area contributed by atoms with E-state index in [9.17, 15) is 22.4 Å². The Bertz CT molecular complexity index is 1350. The van der Waals surface area contributed by atoms with Gasteiger partial charge in [0.1, 0.15) is 17.4 Å². The molecule has 2 amide bonds. The van der Waals surface area contributed by atoms with Gasteiger partial charge in [0, 0.05) is 33.1 Å². The highest BCUT2D eigenvalue weighted by atomic mass is 32.2. The maximum Gasteiger partial charge on any atom is 0.255 e. The van der Waals surface area contributed by atoms with Crippen molar-refractivity contribution in [3.05, 3.63) is 47.3 Å². The maximum atomic E-state index is 13.4. The van der Waals surface area contributed by atoms with E-state index in [1.165, 1.54) is 36.2 Å². The summed E-state index contributed by atoms with van der Waals surface area (Å²) >= 11 is 0. The molecule has 0 unspecified atom stereocenters. The molecule has 0 bridgehead atoms. The molecule has 0 radical (unpaired) electrons. The van der Waals surface area contributed by atoms with Crippen LogP contribution in [0.25, 0.3) is 22.4 Å². The highest BCUT2D eigenvalue weighted by Crippen LogP contribution is 2.35. The smallest absolute Gasteiger partial charge is 0.255 e. The van der Waals surface area contributed by atoms with Crippen LogP contribution in [0, 0.1) is 5.82 Å². The van der Waals surface area contributed by atoms with Gasteiger partial charge in [-0.3, -0.25) is 14.3 Å². The fourth-order valence-electron chi connectivity index (χ4n) is 3.74. The molecule has 0 saturated heterocycles. The quantitative estimate of drug-likeness (QED) is 0.371. The summed E-state index contributed by atoms with van der Waals surface area (Å²) in [5.41, 5.74) is 1.41. The van der Waals surface area contributed by atoms with Crippen molar-refractivity contribution in [2.75, 3.05) is 31.6 Å². The molecule has 1 aromatic carbocycles.